The summed E-state index contributed by atoms with van der Waals surface area (Å²) in [5, 5.41) is 11.1. The topological polar surface area (TPSA) is 40.1 Å². The molecule has 4 bridgehead atoms. The second-order valence-corrected chi connectivity index (χ2v) is 30.7. The molecule has 3 aromatic rings. The summed E-state index contributed by atoms with van der Waals surface area (Å²) in [6.45, 7) is 21.6. The first kappa shape index (κ1) is 74.2. The fourth-order valence-corrected chi connectivity index (χ4v) is 19.4. The Kier molecular flexibility index (Phi) is 38.0. The van der Waals surface area contributed by atoms with Crippen LogP contribution >= 0.6 is 0 Å². The summed E-state index contributed by atoms with van der Waals surface area (Å²) in [5.41, 5.74) is 15.1. The second kappa shape index (κ2) is 44.1. The lowest BCUT2D eigenvalue weighted by Gasteiger charge is -2.57. The normalized spacial score (nSPS) is 17.9. The Hall–Kier alpha value is -2.52. The van der Waals surface area contributed by atoms with E-state index in [0.29, 0.717) is 17.8 Å². The van der Waals surface area contributed by atoms with Crippen molar-refractivity contribution in [1.82, 2.24) is 0 Å². The number of hydrogen-bond donors (Lipinski definition) is 0. The molecule has 3 heteroatoms. The highest BCUT2D eigenvalue weighted by Gasteiger charge is 2.51. The average Bonchev–Trinajstić information content (AvgIpc) is 0.998. The van der Waals surface area contributed by atoms with Gasteiger partial charge in [-0.2, -0.15) is 0 Å². The molecule has 86 heavy (non-hydrogen) atoms. The number of benzene rings is 3. The van der Waals surface area contributed by atoms with Crippen LogP contribution in [0.4, 0.5) is 0 Å². The Morgan fingerprint density at radius 1 is 0.314 bits per heavy atom. The summed E-state index contributed by atoms with van der Waals surface area (Å²) in [7, 11) is -0.178. The van der Waals surface area contributed by atoms with E-state index in [4.69, 9.17) is 0 Å². The summed E-state index contributed by atoms with van der Waals surface area (Å²) < 4.78 is 0. The maximum atomic E-state index is 11.1. The molecule has 488 valence electrons. The molecule has 4 saturated carbocycles. The van der Waals surface area contributed by atoms with Gasteiger partial charge in [0, 0.05) is 44.8 Å². The number of aliphatic carboxylic acids is 1. The van der Waals surface area contributed by atoms with Crippen molar-refractivity contribution >= 4 is 16.9 Å². The van der Waals surface area contributed by atoms with Crippen LogP contribution in [0.5, 0.6) is 0 Å². The third-order valence-electron chi connectivity index (χ3n) is 20.7. The highest BCUT2D eigenvalue weighted by atomic mass is 32.2. The van der Waals surface area contributed by atoms with Crippen LogP contribution in [-0.4, -0.2) is 5.97 Å². The van der Waals surface area contributed by atoms with Crippen LogP contribution in [0.1, 0.15) is 382 Å². The van der Waals surface area contributed by atoms with Gasteiger partial charge in [-0.25, -0.2) is 0 Å². The van der Waals surface area contributed by atoms with Gasteiger partial charge in [-0.15, -0.1) is 0 Å². The number of unbranched alkanes of at least 4 members (excludes halogenated alkanes) is 27. The lowest BCUT2D eigenvalue weighted by atomic mass is 9.49. The van der Waals surface area contributed by atoms with Gasteiger partial charge in [-0.3, -0.25) is 0 Å². The third kappa shape index (κ3) is 25.3. The van der Waals surface area contributed by atoms with Crippen molar-refractivity contribution in [3.8, 4) is 0 Å². The molecule has 0 radical (unpaired) electrons. The maximum absolute atomic E-state index is 11.1. The molecule has 0 heterocycles. The lowest BCUT2D eigenvalue weighted by Crippen LogP contribution is -2.54. The first-order valence-corrected chi connectivity index (χ1v) is 39.7. The van der Waals surface area contributed by atoms with E-state index in [1.807, 2.05) is 14.7 Å². The maximum Gasteiger partial charge on any atom is 0.172 e. The van der Waals surface area contributed by atoms with Crippen molar-refractivity contribution in [3.63, 3.8) is 0 Å². The largest absolute Gasteiger partial charge is 0.550 e. The fourth-order valence-electron chi connectivity index (χ4n) is 16.2. The Morgan fingerprint density at radius 3 is 0.674 bits per heavy atom. The molecule has 0 aliphatic heterocycles. The molecule has 4 aliphatic carbocycles. The van der Waals surface area contributed by atoms with Gasteiger partial charge in [0.1, 0.15) is 10.9 Å². The second-order valence-electron chi connectivity index (χ2n) is 28.8. The van der Waals surface area contributed by atoms with Gasteiger partial charge >= 0.3 is 0 Å². The molecule has 4 fully saturated rings. The van der Waals surface area contributed by atoms with Crippen LogP contribution in [-0.2, 0) is 73.5 Å². The summed E-state index contributed by atoms with van der Waals surface area (Å²) in [4.78, 5) is 16.6. The van der Waals surface area contributed by atoms with Crippen molar-refractivity contribution in [3.05, 3.63) is 86.5 Å². The summed E-state index contributed by atoms with van der Waals surface area (Å²) >= 11 is 0. The summed E-state index contributed by atoms with van der Waals surface area (Å²) in [6, 6.07) is 17.1. The third-order valence-corrected chi connectivity index (χ3v) is 23.5. The van der Waals surface area contributed by atoms with E-state index in [9.17, 15) is 9.90 Å². The van der Waals surface area contributed by atoms with Crippen molar-refractivity contribution in [2.75, 3.05) is 0 Å². The van der Waals surface area contributed by atoms with Crippen LogP contribution in [0.15, 0.2) is 51.1 Å². The van der Waals surface area contributed by atoms with Crippen molar-refractivity contribution in [2.45, 2.75) is 404 Å². The number of carboxylic acid groups (broad SMARTS) is 1. The molecule has 4 aliphatic rings. The predicted molar refractivity (Wildman–Crippen MR) is 378 cm³/mol. The molecular formula is C83H138O2S. The number of hydrogen-bond acceptors (Lipinski definition) is 2. The van der Waals surface area contributed by atoms with Gasteiger partial charge in [0.05, 0.1) is 0 Å². The Labute approximate surface area is 537 Å². The van der Waals surface area contributed by atoms with Gasteiger partial charge in [0.25, 0.3) is 0 Å². The molecule has 0 unspecified atom stereocenters. The average molecular weight is 1200 g/mol. The van der Waals surface area contributed by atoms with Crippen LogP contribution in [0.3, 0.4) is 0 Å². The summed E-state index contributed by atoms with van der Waals surface area (Å²) in [6.07, 6.45) is 65.9. The van der Waals surface area contributed by atoms with Crippen LogP contribution in [0.25, 0.3) is 0 Å². The van der Waals surface area contributed by atoms with E-state index in [1.165, 1.54) is 308 Å². The number of aryl methyl sites for hydroxylation is 9. The van der Waals surface area contributed by atoms with Crippen molar-refractivity contribution in [1.29, 1.82) is 0 Å². The van der Waals surface area contributed by atoms with Crippen LogP contribution < -0.4 is 5.11 Å². The molecule has 3 aromatic carbocycles. The van der Waals surface area contributed by atoms with Crippen molar-refractivity contribution < 1.29 is 9.90 Å². The zero-order chi connectivity index (χ0) is 61.6. The predicted octanol–water partition coefficient (Wildman–Crippen LogP) is 24.8. The zero-order valence-corrected chi connectivity index (χ0v) is 59.3. The highest BCUT2D eigenvalue weighted by Crippen LogP contribution is 2.60. The van der Waals surface area contributed by atoms with E-state index in [2.05, 4.69) is 98.7 Å². The minimum Gasteiger partial charge on any atom is -0.550 e. The summed E-state index contributed by atoms with van der Waals surface area (Å²) in [5.74, 6) is 1.38. The van der Waals surface area contributed by atoms with Gasteiger partial charge in [-0.1, -0.05) is 272 Å². The fraction of sp³-hybridized carbons (Fsp3) is 0.771. The SMILES string of the molecule is CCCCCCc1cc(CCCCCC)c([S+](c2c(CCCCCC)cc(CCCCCC)cc2CCCCCC)c2c(CCCCCC)cc(CCCCCC)cc2CCCCCC)c(CCCCCC)c1.O=C([O-])C12CC3CC(CC(C3)C1)C2. The van der Waals surface area contributed by atoms with Gasteiger partial charge in [-0.05, 0) is 189 Å². The van der Waals surface area contributed by atoms with Crippen LogP contribution in [0.2, 0.25) is 0 Å². The van der Waals surface area contributed by atoms with E-state index in [0.717, 1.165) is 19.3 Å². The molecule has 0 aromatic heterocycles. The molecule has 0 N–H and O–H groups in total. The van der Waals surface area contributed by atoms with Gasteiger partial charge in [0.2, 0.25) is 0 Å². The quantitative estimate of drug-likeness (QED) is 0.0418. The smallest absolute Gasteiger partial charge is 0.172 e. The molecule has 0 amide bonds. The Morgan fingerprint density at radius 2 is 0.500 bits per heavy atom. The molecule has 0 saturated heterocycles. The number of carboxylic acids is 1. The monoisotopic (exact) mass is 1200 g/mol. The first-order chi connectivity index (χ1) is 42.1. The van der Waals surface area contributed by atoms with E-state index >= 15 is 0 Å². The van der Waals surface area contributed by atoms with E-state index < -0.39 is 11.4 Å². The van der Waals surface area contributed by atoms with E-state index in [1.54, 1.807) is 50.1 Å². The first-order valence-electron chi connectivity index (χ1n) is 38.5. The number of carbonyl (C=O) groups excluding carboxylic acids is 1. The highest BCUT2D eigenvalue weighted by molar-refractivity contribution is 7.97. The van der Waals surface area contributed by atoms with E-state index in [-0.39, 0.29) is 10.9 Å². The standard InChI is InChI=1S/C72H123S.C11H16O2/c1-10-19-28-37-46-61-55-64(49-40-31-22-13-4)70(65(56-61)50-41-32-23-14-5)73(71-66(51-42-33-24-15-6)57-62(47-38-29-20-11-2)58-67(71)52-43-34-25-16-7)72-68(53-44-35-26-17-8)59-63(48-39-30-21-12-3)60-69(72)54-45-36-27-18-9;12-10(13)11-4-7-1-8(5-11)3-9(2-7)6-11/h55-60H,10-54H2,1-9H3;7-9H,1-6H2,(H,12,13)/q+1;/p-1. The zero-order valence-electron chi connectivity index (χ0n) is 58.5. The number of carbonyl (C=O) groups is 1. The molecule has 0 atom stereocenters. The van der Waals surface area contributed by atoms with Gasteiger partial charge in [0.15, 0.2) is 14.7 Å². The minimum absolute atomic E-state index is 0.178. The molecule has 2 nitrogen and oxygen atoms in total. The Balaban J connectivity index is 0.000000896. The molecular weight excluding hydrogens is 1060 g/mol. The molecule has 7 rings (SSSR count). The van der Waals surface area contributed by atoms with Gasteiger partial charge < -0.3 is 9.90 Å². The van der Waals surface area contributed by atoms with Crippen molar-refractivity contribution in [2.24, 2.45) is 23.2 Å². The lowest BCUT2D eigenvalue weighted by molar-refractivity contribution is -0.327. The van der Waals surface area contributed by atoms with Crippen LogP contribution in [0, 0.1) is 23.2 Å². The Bertz CT molecular complexity index is 1920. The molecule has 0 spiro atoms. The number of rotatable bonds is 49. The minimum atomic E-state index is -0.758.